The summed E-state index contributed by atoms with van der Waals surface area (Å²) in [7, 11) is 0. The van der Waals surface area contributed by atoms with Crippen LogP contribution in [0.1, 0.15) is 44.5 Å². The average Bonchev–Trinajstić information content (AvgIpc) is 4.00. The molecule has 0 saturated carbocycles. The van der Waals surface area contributed by atoms with E-state index in [1.54, 1.807) is 0 Å². The minimum Gasteiger partial charge on any atom is -0.456 e. The minimum absolute atomic E-state index is 0.478. The minimum atomic E-state index is -0.484. The number of para-hydroxylation sites is 1. The van der Waals surface area contributed by atoms with Crippen molar-refractivity contribution in [2.45, 2.75) is 10.8 Å². The highest BCUT2D eigenvalue weighted by atomic mass is 16.3. The molecule has 13 rings (SSSR count). The highest BCUT2D eigenvalue weighted by Gasteiger charge is 2.47. The second-order valence-corrected chi connectivity index (χ2v) is 17.1. The van der Waals surface area contributed by atoms with Crippen LogP contribution in [0.4, 0.5) is 17.1 Å². The monoisotopic (exact) mass is 815 g/mol. The summed E-state index contributed by atoms with van der Waals surface area (Å²) in [6.07, 6.45) is 0. The molecule has 10 aromatic carbocycles. The van der Waals surface area contributed by atoms with Crippen molar-refractivity contribution in [2.75, 3.05) is 4.90 Å². The van der Waals surface area contributed by atoms with E-state index in [-0.39, 0.29) is 0 Å². The molecule has 64 heavy (non-hydrogen) atoms. The molecule has 0 radical (unpaired) electrons. The predicted molar refractivity (Wildman–Crippen MR) is 263 cm³/mol. The molecule has 0 atom stereocenters. The number of furan rings is 1. The van der Waals surface area contributed by atoms with Gasteiger partial charge in [-0.25, -0.2) is 0 Å². The van der Waals surface area contributed by atoms with Crippen LogP contribution in [-0.4, -0.2) is 0 Å². The van der Waals surface area contributed by atoms with Crippen molar-refractivity contribution >= 4 is 39.0 Å². The fourth-order valence-electron chi connectivity index (χ4n) is 11.4. The molecule has 0 spiro atoms. The Hall–Kier alpha value is -8.20. The predicted octanol–water partition coefficient (Wildman–Crippen LogP) is 15.8. The molecular formula is C62H41NO. The molecule has 2 aliphatic rings. The van der Waals surface area contributed by atoms with Gasteiger partial charge in [0.2, 0.25) is 0 Å². The van der Waals surface area contributed by atoms with Crippen LogP contribution in [0.2, 0.25) is 0 Å². The van der Waals surface area contributed by atoms with Crippen LogP contribution >= 0.6 is 0 Å². The highest BCUT2D eigenvalue weighted by molar-refractivity contribution is 6.06. The SMILES string of the molecule is c1ccc(C2(c3ccc(N(c4ccc5c(c4)-c4ccccc4C5(c4ccccc4)c4ccccc4)c4ccc5oc6ccccc6c5c4)cc3)c3ccccc3-c3ccccc32)cc1. The fourth-order valence-corrected chi connectivity index (χ4v) is 11.4. The van der Waals surface area contributed by atoms with Gasteiger partial charge >= 0.3 is 0 Å². The fraction of sp³-hybridized carbons (Fsp3) is 0.0323. The van der Waals surface area contributed by atoms with Gasteiger partial charge in [-0.1, -0.05) is 200 Å². The van der Waals surface area contributed by atoms with Gasteiger partial charge in [0, 0.05) is 27.8 Å². The lowest BCUT2D eigenvalue weighted by Crippen LogP contribution is -2.28. The van der Waals surface area contributed by atoms with Crippen molar-refractivity contribution in [3.8, 4) is 22.3 Å². The molecule has 1 aromatic heterocycles. The van der Waals surface area contributed by atoms with E-state index in [2.05, 4.69) is 248 Å². The number of anilines is 3. The van der Waals surface area contributed by atoms with Gasteiger partial charge in [0.1, 0.15) is 11.2 Å². The lowest BCUT2D eigenvalue weighted by Gasteiger charge is -2.35. The quantitative estimate of drug-likeness (QED) is 0.159. The normalized spacial score (nSPS) is 13.9. The summed E-state index contributed by atoms with van der Waals surface area (Å²) >= 11 is 0. The number of fused-ring (bicyclic) bond motifs is 9. The molecule has 0 bridgehead atoms. The first-order chi connectivity index (χ1) is 31.7. The molecule has 11 aromatic rings. The Morgan fingerprint density at radius 3 is 1.22 bits per heavy atom. The first-order valence-corrected chi connectivity index (χ1v) is 22.2. The second-order valence-electron chi connectivity index (χ2n) is 17.1. The van der Waals surface area contributed by atoms with E-state index in [0.717, 1.165) is 39.0 Å². The van der Waals surface area contributed by atoms with Gasteiger partial charge in [0.25, 0.3) is 0 Å². The van der Waals surface area contributed by atoms with E-state index in [0.29, 0.717) is 0 Å². The molecule has 0 saturated heterocycles. The molecule has 1 heterocycles. The van der Waals surface area contributed by atoms with E-state index in [1.165, 1.54) is 66.8 Å². The molecule has 0 fully saturated rings. The zero-order chi connectivity index (χ0) is 42.2. The van der Waals surface area contributed by atoms with E-state index >= 15 is 0 Å². The zero-order valence-corrected chi connectivity index (χ0v) is 35.0. The smallest absolute Gasteiger partial charge is 0.135 e. The number of nitrogens with zero attached hydrogens (tertiary/aromatic N) is 1. The maximum Gasteiger partial charge on any atom is 0.135 e. The van der Waals surface area contributed by atoms with Crippen molar-refractivity contribution in [1.29, 1.82) is 0 Å². The van der Waals surface area contributed by atoms with E-state index in [9.17, 15) is 0 Å². The second kappa shape index (κ2) is 14.2. The van der Waals surface area contributed by atoms with E-state index < -0.39 is 10.8 Å². The number of hydrogen-bond acceptors (Lipinski definition) is 2. The first kappa shape index (κ1) is 36.5. The van der Waals surface area contributed by atoms with Crippen molar-refractivity contribution in [3.05, 3.63) is 293 Å². The van der Waals surface area contributed by atoms with Crippen molar-refractivity contribution in [2.24, 2.45) is 0 Å². The molecule has 0 aliphatic heterocycles. The third-order valence-corrected chi connectivity index (χ3v) is 14.0. The standard InChI is InChI=1S/C62H41NO/c1-4-18-42(19-5-1)61(43-20-6-2-7-21-43)57-30-16-12-26-51(57)53-40-47(36-38-58(53)61)63(48-37-39-60-54(41-48)52-27-13-17-31-59(52)64-60)46-34-32-45(33-35-46)62(44-22-8-3-9-23-44)55-28-14-10-24-49(55)50-25-11-15-29-56(50)62/h1-41H. The molecule has 0 unspecified atom stereocenters. The van der Waals surface area contributed by atoms with Crippen LogP contribution in [0, 0.1) is 0 Å². The van der Waals surface area contributed by atoms with Crippen molar-refractivity contribution < 1.29 is 4.42 Å². The summed E-state index contributed by atoms with van der Waals surface area (Å²) in [5.41, 5.74) is 19.3. The van der Waals surface area contributed by atoms with E-state index in [1.807, 2.05) is 6.07 Å². The molecule has 0 amide bonds. The Morgan fingerprint density at radius 2 is 0.656 bits per heavy atom. The van der Waals surface area contributed by atoms with Gasteiger partial charge < -0.3 is 9.32 Å². The van der Waals surface area contributed by atoms with Crippen LogP contribution in [0.25, 0.3) is 44.2 Å². The number of hydrogen-bond donors (Lipinski definition) is 0. The Bertz CT molecular complexity index is 3470. The van der Waals surface area contributed by atoms with Gasteiger partial charge in [-0.2, -0.15) is 0 Å². The first-order valence-electron chi connectivity index (χ1n) is 22.2. The molecule has 2 aliphatic carbocycles. The summed E-state index contributed by atoms with van der Waals surface area (Å²) in [5.74, 6) is 0. The van der Waals surface area contributed by atoms with E-state index in [4.69, 9.17) is 4.42 Å². The maximum atomic E-state index is 6.37. The largest absolute Gasteiger partial charge is 0.456 e. The van der Waals surface area contributed by atoms with Crippen molar-refractivity contribution in [1.82, 2.24) is 0 Å². The third kappa shape index (κ3) is 5.08. The summed E-state index contributed by atoms with van der Waals surface area (Å²) in [6.45, 7) is 0. The van der Waals surface area contributed by atoms with Crippen LogP contribution in [0.3, 0.4) is 0 Å². The molecule has 2 nitrogen and oxygen atoms in total. The van der Waals surface area contributed by atoms with Gasteiger partial charge in [-0.15, -0.1) is 0 Å². The van der Waals surface area contributed by atoms with Crippen LogP contribution in [0.5, 0.6) is 0 Å². The summed E-state index contributed by atoms with van der Waals surface area (Å²) < 4.78 is 6.37. The number of rotatable bonds is 7. The molecule has 300 valence electrons. The van der Waals surface area contributed by atoms with Crippen LogP contribution < -0.4 is 4.90 Å². The van der Waals surface area contributed by atoms with Crippen LogP contribution in [0.15, 0.2) is 253 Å². The molecule has 0 N–H and O–H groups in total. The average molecular weight is 816 g/mol. The lowest BCUT2D eigenvalue weighted by atomic mass is 9.67. The van der Waals surface area contributed by atoms with Crippen molar-refractivity contribution in [3.63, 3.8) is 0 Å². The number of benzene rings is 10. The highest BCUT2D eigenvalue weighted by Crippen LogP contribution is 2.58. The zero-order valence-electron chi connectivity index (χ0n) is 35.0. The Kier molecular flexibility index (Phi) is 8.07. The van der Waals surface area contributed by atoms with Crippen LogP contribution in [-0.2, 0) is 10.8 Å². The van der Waals surface area contributed by atoms with Gasteiger partial charge in [-0.05, 0) is 115 Å². The summed E-state index contributed by atoms with van der Waals surface area (Å²) in [5, 5.41) is 2.20. The third-order valence-electron chi connectivity index (χ3n) is 14.0. The maximum absolute atomic E-state index is 6.37. The molecule has 2 heteroatoms. The summed E-state index contributed by atoms with van der Waals surface area (Å²) in [6, 6.07) is 91.4. The Balaban J connectivity index is 1.04. The van der Waals surface area contributed by atoms with Gasteiger partial charge in [0.15, 0.2) is 0 Å². The Labute approximate surface area is 373 Å². The van der Waals surface area contributed by atoms with Gasteiger partial charge in [0.05, 0.1) is 10.8 Å². The lowest BCUT2D eigenvalue weighted by molar-refractivity contribution is 0.669. The Morgan fingerprint density at radius 1 is 0.266 bits per heavy atom. The topological polar surface area (TPSA) is 16.4 Å². The molecular weight excluding hydrogens is 775 g/mol. The summed E-state index contributed by atoms with van der Waals surface area (Å²) in [4.78, 5) is 2.42. The van der Waals surface area contributed by atoms with Gasteiger partial charge in [-0.3, -0.25) is 0 Å².